The standard InChI is InChI=1S/C19H18N2O3S/c1-13-6-5-9-15(10-13)20-17(22)11-16-18(23)21(19(24)25-16)12-14-7-3-2-4-8-14/h2-10,16H,11-12H2,1H3,(H,20,22)/t16-/m1/s1. The van der Waals surface area contributed by atoms with Gasteiger partial charge in [-0.25, -0.2) is 0 Å². The van der Waals surface area contributed by atoms with E-state index >= 15 is 0 Å². The van der Waals surface area contributed by atoms with Gasteiger partial charge in [0.1, 0.15) is 5.25 Å². The number of hydrogen-bond donors (Lipinski definition) is 1. The van der Waals surface area contributed by atoms with Crippen molar-refractivity contribution in [3.8, 4) is 0 Å². The summed E-state index contributed by atoms with van der Waals surface area (Å²) >= 11 is 0.920. The van der Waals surface area contributed by atoms with Gasteiger partial charge in [-0.1, -0.05) is 54.2 Å². The molecule has 0 radical (unpaired) electrons. The largest absolute Gasteiger partial charge is 0.326 e. The van der Waals surface area contributed by atoms with Crippen LogP contribution in [0.1, 0.15) is 17.5 Å². The zero-order valence-corrected chi connectivity index (χ0v) is 14.6. The fraction of sp³-hybridized carbons (Fsp3) is 0.211. The highest BCUT2D eigenvalue weighted by Gasteiger charge is 2.40. The minimum absolute atomic E-state index is 0.0194. The molecule has 0 aromatic heterocycles. The maximum atomic E-state index is 12.5. The molecular formula is C19H18N2O3S. The van der Waals surface area contributed by atoms with E-state index in [4.69, 9.17) is 0 Å². The normalized spacial score (nSPS) is 17.0. The highest BCUT2D eigenvalue weighted by Crippen LogP contribution is 2.30. The Balaban J connectivity index is 1.61. The lowest BCUT2D eigenvalue weighted by Crippen LogP contribution is -2.32. The summed E-state index contributed by atoms with van der Waals surface area (Å²) in [6, 6.07) is 16.8. The van der Waals surface area contributed by atoms with Gasteiger partial charge in [-0.3, -0.25) is 19.3 Å². The van der Waals surface area contributed by atoms with Crippen LogP contribution in [0.2, 0.25) is 0 Å². The lowest BCUT2D eigenvalue weighted by molar-refractivity contribution is -0.129. The second-order valence-corrected chi connectivity index (χ2v) is 7.06. The second kappa shape index (κ2) is 7.53. The number of benzene rings is 2. The van der Waals surface area contributed by atoms with Gasteiger partial charge >= 0.3 is 0 Å². The van der Waals surface area contributed by atoms with Crippen molar-refractivity contribution in [1.82, 2.24) is 4.90 Å². The molecule has 0 spiro atoms. The average molecular weight is 354 g/mol. The quantitative estimate of drug-likeness (QED) is 0.891. The predicted octanol–water partition coefficient (Wildman–Crippen LogP) is 3.59. The van der Waals surface area contributed by atoms with Crippen LogP contribution in [0.15, 0.2) is 54.6 Å². The van der Waals surface area contributed by atoms with Crippen LogP contribution in [0.5, 0.6) is 0 Å². The summed E-state index contributed by atoms with van der Waals surface area (Å²) in [6.45, 7) is 2.17. The number of imide groups is 1. The SMILES string of the molecule is Cc1cccc(NC(=O)C[C@H]2SC(=O)N(Cc3ccccc3)C2=O)c1. The first-order chi connectivity index (χ1) is 12.0. The number of carbonyl (C=O) groups is 3. The van der Waals surface area contributed by atoms with E-state index < -0.39 is 5.25 Å². The van der Waals surface area contributed by atoms with Crippen molar-refractivity contribution in [2.24, 2.45) is 0 Å². The van der Waals surface area contributed by atoms with E-state index in [0.29, 0.717) is 5.69 Å². The third-order valence-electron chi connectivity index (χ3n) is 3.86. The maximum absolute atomic E-state index is 12.5. The van der Waals surface area contributed by atoms with Crippen LogP contribution in [-0.2, 0) is 16.1 Å². The molecule has 1 aliphatic rings. The van der Waals surface area contributed by atoms with Crippen molar-refractivity contribution in [2.45, 2.75) is 25.1 Å². The lowest BCUT2D eigenvalue weighted by Gasteiger charge is -2.14. The highest BCUT2D eigenvalue weighted by atomic mass is 32.2. The summed E-state index contributed by atoms with van der Waals surface area (Å²) in [6.07, 6.45) is -0.0194. The molecule has 128 valence electrons. The number of anilines is 1. The van der Waals surface area contributed by atoms with Crippen LogP contribution in [0, 0.1) is 6.92 Å². The van der Waals surface area contributed by atoms with Crippen LogP contribution in [0.3, 0.4) is 0 Å². The Bertz CT molecular complexity index is 807. The molecule has 1 atom stereocenters. The smallest absolute Gasteiger partial charge is 0.289 e. The second-order valence-electron chi connectivity index (χ2n) is 5.90. The van der Waals surface area contributed by atoms with E-state index in [9.17, 15) is 14.4 Å². The topological polar surface area (TPSA) is 66.5 Å². The number of thioether (sulfide) groups is 1. The summed E-state index contributed by atoms with van der Waals surface area (Å²) in [5, 5.41) is 1.81. The molecule has 2 aromatic carbocycles. The van der Waals surface area contributed by atoms with Crippen LogP contribution < -0.4 is 5.32 Å². The zero-order chi connectivity index (χ0) is 17.8. The Hall–Kier alpha value is -2.60. The molecule has 0 bridgehead atoms. The Morgan fingerprint density at radius 2 is 1.88 bits per heavy atom. The van der Waals surface area contributed by atoms with Crippen molar-refractivity contribution >= 4 is 34.5 Å². The predicted molar refractivity (Wildman–Crippen MR) is 98.2 cm³/mol. The minimum atomic E-state index is -0.666. The minimum Gasteiger partial charge on any atom is -0.326 e. The summed E-state index contributed by atoms with van der Waals surface area (Å²) < 4.78 is 0. The maximum Gasteiger partial charge on any atom is 0.289 e. The van der Waals surface area contributed by atoms with Gasteiger partial charge in [0.25, 0.3) is 5.24 Å². The van der Waals surface area contributed by atoms with Crippen molar-refractivity contribution in [2.75, 3.05) is 5.32 Å². The van der Waals surface area contributed by atoms with Crippen molar-refractivity contribution in [3.05, 3.63) is 65.7 Å². The monoisotopic (exact) mass is 354 g/mol. The molecule has 2 aromatic rings. The van der Waals surface area contributed by atoms with Gasteiger partial charge in [0.05, 0.1) is 6.54 Å². The van der Waals surface area contributed by atoms with Gasteiger partial charge in [-0.15, -0.1) is 0 Å². The van der Waals surface area contributed by atoms with Gasteiger partial charge < -0.3 is 5.32 Å². The van der Waals surface area contributed by atoms with E-state index in [1.165, 1.54) is 4.90 Å². The van der Waals surface area contributed by atoms with Crippen LogP contribution in [-0.4, -0.2) is 27.2 Å². The first-order valence-corrected chi connectivity index (χ1v) is 8.83. The first-order valence-electron chi connectivity index (χ1n) is 7.95. The van der Waals surface area contributed by atoms with E-state index in [-0.39, 0.29) is 30.0 Å². The number of rotatable bonds is 5. The zero-order valence-electron chi connectivity index (χ0n) is 13.8. The fourth-order valence-electron chi connectivity index (χ4n) is 2.64. The Labute approximate surface area is 150 Å². The third kappa shape index (κ3) is 4.28. The molecule has 6 heteroatoms. The molecule has 1 saturated heterocycles. The number of hydrogen-bond acceptors (Lipinski definition) is 4. The first kappa shape index (κ1) is 17.2. The van der Waals surface area contributed by atoms with Crippen LogP contribution in [0.4, 0.5) is 10.5 Å². The fourth-order valence-corrected chi connectivity index (χ4v) is 3.63. The van der Waals surface area contributed by atoms with E-state index in [1.54, 1.807) is 6.07 Å². The molecule has 3 rings (SSSR count). The summed E-state index contributed by atoms with van der Waals surface area (Å²) in [5.74, 6) is -0.580. The van der Waals surface area contributed by atoms with Crippen LogP contribution in [0.25, 0.3) is 0 Å². The Kier molecular flexibility index (Phi) is 5.19. The molecule has 1 fully saturated rings. The number of amides is 3. The van der Waals surface area contributed by atoms with Gasteiger partial charge in [0, 0.05) is 12.1 Å². The van der Waals surface area contributed by atoms with Gasteiger partial charge in [-0.2, -0.15) is 0 Å². The van der Waals surface area contributed by atoms with E-state index in [2.05, 4.69) is 5.32 Å². The molecule has 1 aliphatic heterocycles. The molecule has 1 heterocycles. The lowest BCUT2D eigenvalue weighted by atomic mass is 10.2. The molecule has 3 amide bonds. The Morgan fingerprint density at radius 1 is 1.12 bits per heavy atom. The van der Waals surface area contributed by atoms with Crippen molar-refractivity contribution < 1.29 is 14.4 Å². The number of nitrogens with one attached hydrogen (secondary N) is 1. The van der Waals surface area contributed by atoms with Gasteiger partial charge in [0.2, 0.25) is 11.8 Å². The van der Waals surface area contributed by atoms with E-state index in [1.807, 2.05) is 55.5 Å². The molecule has 1 N–H and O–H groups in total. The van der Waals surface area contributed by atoms with Crippen LogP contribution >= 0.6 is 11.8 Å². The van der Waals surface area contributed by atoms with E-state index in [0.717, 1.165) is 22.9 Å². The number of nitrogens with zero attached hydrogens (tertiary/aromatic N) is 1. The van der Waals surface area contributed by atoms with Gasteiger partial charge in [0.15, 0.2) is 0 Å². The molecule has 0 aliphatic carbocycles. The Morgan fingerprint density at radius 3 is 2.60 bits per heavy atom. The average Bonchev–Trinajstić information content (AvgIpc) is 2.83. The molecule has 25 heavy (non-hydrogen) atoms. The highest BCUT2D eigenvalue weighted by molar-refractivity contribution is 8.15. The third-order valence-corrected chi connectivity index (χ3v) is 4.94. The van der Waals surface area contributed by atoms with Crippen molar-refractivity contribution in [1.29, 1.82) is 0 Å². The summed E-state index contributed by atoms with van der Waals surface area (Å²) in [7, 11) is 0. The van der Waals surface area contributed by atoms with Gasteiger partial charge in [-0.05, 0) is 30.2 Å². The number of aryl methyl sites for hydroxylation is 1. The molecule has 5 nitrogen and oxygen atoms in total. The molecule has 0 unspecified atom stereocenters. The summed E-state index contributed by atoms with van der Waals surface area (Å²) in [4.78, 5) is 38.0. The summed E-state index contributed by atoms with van der Waals surface area (Å²) in [5.41, 5.74) is 2.61. The van der Waals surface area contributed by atoms with Crippen molar-refractivity contribution in [3.63, 3.8) is 0 Å². The molecule has 0 saturated carbocycles. The molecular weight excluding hydrogens is 336 g/mol. The number of carbonyl (C=O) groups excluding carboxylic acids is 3.